The molecule has 7 nitrogen and oxygen atoms in total. The molecule has 0 radical (unpaired) electrons. The first-order valence-corrected chi connectivity index (χ1v) is 6.83. The highest BCUT2D eigenvalue weighted by molar-refractivity contribution is 5.87. The molecule has 1 aliphatic heterocycles. The Kier molecular flexibility index (Phi) is 4.75. The molecule has 0 aliphatic carbocycles. The van der Waals surface area contributed by atoms with Crippen LogP contribution in [0.2, 0.25) is 0 Å². The molecule has 1 saturated heterocycles. The summed E-state index contributed by atoms with van der Waals surface area (Å²) < 4.78 is 15.9. The summed E-state index contributed by atoms with van der Waals surface area (Å²) in [4.78, 5) is 24.5. The molecule has 1 aliphatic rings. The van der Waals surface area contributed by atoms with E-state index in [1.165, 1.54) is 26.2 Å². The highest BCUT2D eigenvalue weighted by atomic mass is 16.5. The van der Waals surface area contributed by atoms with E-state index >= 15 is 0 Å². The van der Waals surface area contributed by atoms with Gasteiger partial charge in [-0.05, 0) is 18.6 Å². The van der Waals surface area contributed by atoms with Gasteiger partial charge in [-0.2, -0.15) is 0 Å². The Hall–Kier alpha value is -2.44. The molecule has 7 heteroatoms. The maximum atomic E-state index is 11.9. The van der Waals surface area contributed by atoms with Gasteiger partial charge in [-0.1, -0.05) is 0 Å². The van der Waals surface area contributed by atoms with Crippen LogP contribution in [-0.4, -0.2) is 49.3 Å². The molecular weight excluding hydrogens is 290 g/mol. The average Bonchev–Trinajstić information content (AvgIpc) is 2.87. The number of amides is 1. The fraction of sp³-hybridized carbons (Fsp3) is 0.467. The highest BCUT2D eigenvalue weighted by Gasteiger charge is 2.36. The minimum atomic E-state index is -0.995. The average molecular weight is 309 g/mol. The second kappa shape index (κ2) is 6.55. The fourth-order valence-corrected chi connectivity index (χ4v) is 2.66. The van der Waals surface area contributed by atoms with E-state index in [0.29, 0.717) is 29.2 Å². The minimum Gasteiger partial charge on any atom is -0.493 e. The Morgan fingerprint density at radius 2 is 1.91 bits per heavy atom. The van der Waals surface area contributed by atoms with Crippen molar-refractivity contribution in [2.45, 2.75) is 25.4 Å². The Bertz CT molecular complexity index is 586. The van der Waals surface area contributed by atoms with Gasteiger partial charge in [0.25, 0.3) is 0 Å². The lowest BCUT2D eigenvalue weighted by Gasteiger charge is -2.23. The van der Waals surface area contributed by atoms with Gasteiger partial charge >= 0.3 is 5.97 Å². The number of ether oxygens (including phenoxy) is 3. The minimum absolute atomic E-state index is 0.152. The molecule has 1 heterocycles. The molecular formula is C15H19NO6. The Morgan fingerprint density at radius 3 is 2.45 bits per heavy atom. The number of hydrogen-bond acceptors (Lipinski definition) is 5. The molecule has 0 unspecified atom stereocenters. The molecule has 1 N–H and O–H groups in total. The third-order valence-electron chi connectivity index (χ3n) is 3.74. The number of nitrogens with zero attached hydrogens (tertiary/aromatic N) is 1. The van der Waals surface area contributed by atoms with Gasteiger partial charge in [0.1, 0.15) is 6.04 Å². The fourth-order valence-electron chi connectivity index (χ4n) is 2.66. The van der Waals surface area contributed by atoms with Crippen molar-refractivity contribution in [3.05, 3.63) is 17.7 Å². The molecule has 0 saturated carbocycles. The van der Waals surface area contributed by atoms with Crippen LogP contribution in [0.25, 0.3) is 0 Å². The van der Waals surface area contributed by atoms with Gasteiger partial charge in [-0.15, -0.1) is 0 Å². The predicted octanol–water partition coefficient (Wildman–Crippen LogP) is 1.29. The normalized spacial score (nSPS) is 17.5. The summed E-state index contributed by atoms with van der Waals surface area (Å²) in [5.74, 6) is 0.187. The van der Waals surface area contributed by atoms with Gasteiger partial charge in [0, 0.05) is 12.0 Å². The molecule has 1 aromatic rings. The van der Waals surface area contributed by atoms with Crippen molar-refractivity contribution in [2.75, 3.05) is 21.3 Å². The molecule has 1 atom stereocenters. The summed E-state index contributed by atoms with van der Waals surface area (Å²) >= 11 is 0. The van der Waals surface area contributed by atoms with Gasteiger partial charge in [-0.25, -0.2) is 4.79 Å². The van der Waals surface area contributed by atoms with Gasteiger partial charge in [-0.3, -0.25) is 4.79 Å². The number of aliphatic carboxylic acids is 1. The molecule has 0 aromatic heterocycles. The zero-order chi connectivity index (χ0) is 16.3. The van der Waals surface area contributed by atoms with Crippen LogP contribution in [0.5, 0.6) is 17.2 Å². The van der Waals surface area contributed by atoms with Crippen LogP contribution in [0.1, 0.15) is 18.4 Å². The summed E-state index contributed by atoms with van der Waals surface area (Å²) in [7, 11) is 4.49. The van der Waals surface area contributed by atoms with Gasteiger partial charge in [0.05, 0.1) is 27.9 Å². The second-order valence-corrected chi connectivity index (χ2v) is 4.91. The summed E-state index contributed by atoms with van der Waals surface area (Å²) in [5.41, 5.74) is 0.668. The van der Waals surface area contributed by atoms with Crippen LogP contribution in [0.4, 0.5) is 0 Å². The maximum Gasteiger partial charge on any atom is 0.326 e. The van der Waals surface area contributed by atoms with E-state index in [9.17, 15) is 14.7 Å². The number of carboxylic acids is 1. The number of methoxy groups -OCH3 is 3. The number of carboxylic acid groups (broad SMARTS) is 1. The van der Waals surface area contributed by atoms with Crippen molar-refractivity contribution < 1.29 is 28.9 Å². The zero-order valence-electron chi connectivity index (χ0n) is 12.8. The number of likely N-dealkylation sites (tertiary alicyclic amines) is 1. The van der Waals surface area contributed by atoms with E-state index in [4.69, 9.17) is 14.2 Å². The van der Waals surface area contributed by atoms with Crippen LogP contribution in [0.3, 0.4) is 0 Å². The number of benzene rings is 1. The highest BCUT2D eigenvalue weighted by Crippen LogP contribution is 2.40. The van der Waals surface area contributed by atoms with E-state index < -0.39 is 12.0 Å². The second-order valence-electron chi connectivity index (χ2n) is 4.91. The first kappa shape index (κ1) is 15.9. The summed E-state index contributed by atoms with van der Waals surface area (Å²) in [5, 5.41) is 9.22. The van der Waals surface area contributed by atoms with Crippen LogP contribution in [0.15, 0.2) is 12.1 Å². The van der Waals surface area contributed by atoms with Crippen molar-refractivity contribution in [3.63, 3.8) is 0 Å². The molecule has 2 rings (SSSR count). The number of rotatable bonds is 6. The smallest absolute Gasteiger partial charge is 0.326 e. The summed E-state index contributed by atoms with van der Waals surface area (Å²) in [6, 6.07) is 2.64. The van der Waals surface area contributed by atoms with Crippen molar-refractivity contribution in [2.24, 2.45) is 0 Å². The standard InChI is InChI=1S/C15H19NO6/c1-20-11-6-4-9(13(21-2)14(11)22-3)8-16-10(15(18)19)5-7-12(16)17/h4,6,10H,5,7-8H2,1-3H3,(H,18,19)/t10-/m1/s1. The van der Waals surface area contributed by atoms with E-state index in [1.54, 1.807) is 12.1 Å². The summed E-state index contributed by atoms with van der Waals surface area (Å²) in [6.45, 7) is 0.152. The molecule has 120 valence electrons. The van der Waals surface area contributed by atoms with Crippen molar-refractivity contribution in [1.29, 1.82) is 0 Å². The quantitative estimate of drug-likeness (QED) is 0.852. The van der Waals surface area contributed by atoms with Crippen molar-refractivity contribution in [1.82, 2.24) is 4.90 Å². The SMILES string of the molecule is COc1ccc(CN2C(=O)CC[C@@H]2C(=O)O)c(OC)c1OC. The van der Waals surface area contributed by atoms with E-state index in [2.05, 4.69) is 0 Å². The van der Waals surface area contributed by atoms with Crippen molar-refractivity contribution >= 4 is 11.9 Å². The monoisotopic (exact) mass is 309 g/mol. The molecule has 22 heavy (non-hydrogen) atoms. The van der Waals surface area contributed by atoms with E-state index in [0.717, 1.165) is 0 Å². The Balaban J connectivity index is 2.36. The lowest BCUT2D eigenvalue weighted by Crippen LogP contribution is -2.38. The van der Waals surface area contributed by atoms with Crippen LogP contribution < -0.4 is 14.2 Å². The lowest BCUT2D eigenvalue weighted by atomic mass is 10.1. The first-order valence-electron chi connectivity index (χ1n) is 6.83. The number of carbonyl (C=O) groups is 2. The van der Waals surface area contributed by atoms with E-state index in [-0.39, 0.29) is 18.9 Å². The zero-order valence-corrected chi connectivity index (χ0v) is 12.8. The third kappa shape index (κ3) is 2.79. The molecule has 1 aromatic carbocycles. The lowest BCUT2D eigenvalue weighted by molar-refractivity contribution is -0.146. The topological polar surface area (TPSA) is 85.3 Å². The van der Waals surface area contributed by atoms with Gasteiger partial charge in [0.15, 0.2) is 11.5 Å². The third-order valence-corrected chi connectivity index (χ3v) is 3.74. The number of carbonyl (C=O) groups excluding carboxylic acids is 1. The Morgan fingerprint density at radius 1 is 1.23 bits per heavy atom. The summed E-state index contributed by atoms with van der Waals surface area (Å²) in [6.07, 6.45) is 0.566. The van der Waals surface area contributed by atoms with Gasteiger partial charge in [0.2, 0.25) is 11.7 Å². The molecule has 0 spiro atoms. The molecule has 0 bridgehead atoms. The largest absolute Gasteiger partial charge is 0.493 e. The van der Waals surface area contributed by atoms with Crippen LogP contribution in [-0.2, 0) is 16.1 Å². The van der Waals surface area contributed by atoms with Crippen LogP contribution >= 0.6 is 0 Å². The first-order chi connectivity index (χ1) is 10.5. The van der Waals surface area contributed by atoms with Crippen LogP contribution in [0, 0.1) is 0 Å². The predicted molar refractivity (Wildman–Crippen MR) is 77.3 cm³/mol. The maximum absolute atomic E-state index is 11.9. The van der Waals surface area contributed by atoms with E-state index in [1.807, 2.05) is 0 Å². The number of hydrogen-bond donors (Lipinski definition) is 1. The molecule has 1 amide bonds. The van der Waals surface area contributed by atoms with Crippen molar-refractivity contribution in [3.8, 4) is 17.2 Å². The molecule has 1 fully saturated rings. The van der Waals surface area contributed by atoms with Gasteiger partial charge < -0.3 is 24.2 Å². The Labute approximate surface area is 128 Å².